The van der Waals surface area contributed by atoms with Crippen LogP contribution in [0.1, 0.15) is 43.4 Å². The molecule has 0 amide bonds. The number of hydrogen-bond donors (Lipinski definition) is 1. The van der Waals surface area contributed by atoms with Gasteiger partial charge in [0.2, 0.25) is 0 Å². The van der Waals surface area contributed by atoms with Crippen LogP contribution in [0.5, 0.6) is 5.75 Å². The minimum atomic E-state index is 0.373. The summed E-state index contributed by atoms with van der Waals surface area (Å²) in [6.07, 6.45) is 4.90. The van der Waals surface area contributed by atoms with E-state index in [0.717, 1.165) is 18.8 Å². The molecule has 19 heavy (non-hydrogen) atoms. The van der Waals surface area contributed by atoms with Gasteiger partial charge in [-0.15, -0.1) is 0 Å². The monoisotopic (exact) mass is 260 g/mol. The molecule has 0 bridgehead atoms. The Kier molecular flexibility index (Phi) is 3.76. The molecule has 3 nitrogen and oxygen atoms in total. The molecule has 1 aromatic carbocycles. The van der Waals surface area contributed by atoms with Crippen LogP contribution in [0.15, 0.2) is 18.2 Å². The van der Waals surface area contributed by atoms with E-state index in [-0.39, 0.29) is 0 Å². The SMILES string of the molecule is CCC1CCCN1C(CN)c1ccc2c(c1)CCO2. The highest BCUT2D eigenvalue weighted by atomic mass is 16.5. The van der Waals surface area contributed by atoms with Crippen LogP contribution < -0.4 is 10.5 Å². The predicted octanol–water partition coefficient (Wildman–Crippen LogP) is 2.50. The zero-order chi connectivity index (χ0) is 13.2. The summed E-state index contributed by atoms with van der Waals surface area (Å²) < 4.78 is 5.59. The Morgan fingerprint density at radius 1 is 1.47 bits per heavy atom. The molecule has 3 heteroatoms. The number of benzene rings is 1. The molecular formula is C16H24N2O. The van der Waals surface area contributed by atoms with E-state index in [1.165, 1.54) is 36.9 Å². The van der Waals surface area contributed by atoms with E-state index in [1.807, 2.05) is 0 Å². The van der Waals surface area contributed by atoms with Gasteiger partial charge in [0.05, 0.1) is 6.61 Å². The van der Waals surface area contributed by atoms with Crippen molar-refractivity contribution in [1.29, 1.82) is 0 Å². The van der Waals surface area contributed by atoms with Crippen LogP contribution in [0.25, 0.3) is 0 Å². The van der Waals surface area contributed by atoms with Gasteiger partial charge in [-0.05, 0) is 43.0 Å². The summed E-state index contributed by atoms with van der Waals surface area (Å²) in [6.45, 7) is 5.00. The lowest BCUT2D eigenvalue weighted by molar-refractivity contribution is 0.180. The number of ether oxygens (including phenoxy) is 1. The lowest BCUT2D eigenvalue weighted by atomic mass is 10.00. The molecule has 2 heterocycles. The van der Waals surface area contributed by atoms with Crippen LogP contribution in [-0.2, 0) is 6.42 Å². The Morgan fingerprint density at radius 2 is 2.37 bits per heavy atom. The summed E-state index contributed by atoms with van der Waals surface area (Å²) in [4.78, 5) is 2.61. The Morgan fingerprint density at radius 3 is 3.16 bits per heavy atom. The van der Waals surface area contributed by atoms with E-state index in [4.69, 9.17) is 10.5 Å². The zero-order valence-electron chi connectivity index (χ0n) is 11.8. The van der Waals surface area contributed by atoms with Gasteiger partial charge in [0.1, 0.15) is 5.75 Å². The number of nitrogens with two attached hydrogens (primary N) is 1. The maximum atomic E-state index is 6.07. The second-order valence-electron chi connectivity index (χ2n) is 5.66. The minimum absolute atomic E-state index is 0.373. The molecule has 1 fully saturated rings. The van der Waals surface area contributed by atoms with E-state index in [0.29, 0.717) is 18.6 Å². The lowest BCUT2D eigenvalue weighted by Gasteiger charge is -2.32. The van der Waals surface area contributed by atoms with Crippen molar-refractivity contribution in [2.45, 2.75) is 44.7 Å². The predicted molar refractivity (Wildman–Crippen MR) is 77.5 cm³/mol. The second-order valence-corrected chi connectivity index (χ2v) is 5.66. The van der Waals surface area contributed by atoms with Gasteiger partial charge >= 0.3 is 0 Å². The average Bonchev–Trinajstić information content (AvgIpc) is 3.07. The summed E-state index contributed by atoms with van der Waals surface area (Å²) in [5.41, 5.74) is 8.79. The van der Waals surface area contributed by atoms with Crippen LogP contribution >= 0.6 is 0 Å². The molecule has 2 aliphatic rings. The van der Waals surface area contributed by atoms with E-state index < -0.39 is 0 Å². The van der Waals surface area contributed by atoms with Gasteiger partial charge in [-0.2, -0.15) is 0 Å². The highest BCUT2D eigenvalue weighted by molar-refractivity contribution is 5.41. The normalized spacial score (nSPS) is 24.2. The van der Waals surface area contributed by atoms with Crippen molar-refractivity contribution in [2.24, 2.45) is 5.73 Å². The second kappa shape index (κ2) is 5.51. The van der Waals surface area contributed by atoms with Gasteiger partial charge in [0.25, 0.3) is 0 Å². The highest BCUT2D eigenvalue weighted by Crippen LogP contribution is 2.33. The standard InChI is InChI=1S/C16H24N2O/c1-2-14-4-3-8-18(14)15(11-17)12-5-6-16-13(10-12)7-9-19-16/h5-6,10,14-15H,2-4,7-9,11,17H2,1H3. The smallest absolute Gasteiger partial charge is 0.122 e. The van der Waals surface area contributed by atoms with Crippen molar-refractivity contribution in [2.75, 3.05) is 19.7 Å². The highest BCUT2D eigenvalue weighted by Gasteiger charge is 2.30. The van der Waals surface area contributed by atoms with Crippen molar-refractivity contribution in [3.05, 3.63) is 29.3 Å². The first-order chi connectivity index (χ1) is 9.33. The van der Waals surface area contributed by atoms with Crippen molar-refractivity contribution in [3.63, 3.8) is 0 Å². The third kappa shape index (κ3) is 2.37. The van der Waals surface area contributed by atoms with Gasteiger partial charge in [-0.1, -0.05) is 19.1 Å². The Labute approximate surface area is 115 Å². The van der Waals surface area contributed by atoms with Gasteiger partial charge in [-0.25, -0.2) is 0 Å². The molecule has 0 aromatic heterocycles. The number of nitrogens with zero attached hydrogens (tertiary/aromatic N) is 1. The lowest BCUT2D eigenvalue weighted by Crippen LogP contribution is -2.37. The van der Waals surface area contributed by atoms with E-state index in [9.17, 15) is 0 Å². The molecule has 2 N–H and O–H groups in total. The first kappa shape index (κ1) is 12.9. The summed E-state index contributed by atoms with van der Waals surface area (Å²) in [7, 11) is 0. The van der Waals surface area contributed by atoms with Crippen molar-refractivity contribution in [1.82, 2.24) is 4.90 Å². The largest absolute Gasteiger partial charge is 0.493 e. The third-order valence-corrected chi connectivity index (χ3v) is 4.62. The third-order valence-electron chi connectivity index (χ3n) is 4.62. The molecule has 1 aromatic rings. The summed E-state index contributed by atoms with van der Waals surface area (Å²) in [6, 6.07) is 7.71. The minimum Gasteiger partial charge on any atom is -0.493 e. The fraction of sp³-hybridized carbons (Fsp3) is 0.625. The van der Waals surface area contributed by atoms with Crippen molar-refractivity contribution in [3.8, 4) is 5.75 Å². The summed E-state index contributed by atoms with van der Waals surface area (Å²) >= 11 is 0. The average molecular weight is 260 g/mol. The molecule has 0 saturated carbocycles. The molecule has 104 valence electrons. The van der Waals surface area contributed by atoms with Crippen LogP contribution in [0.2, 0.25) is 0 Å². The Hall–Kier alpha value is -1.06. The molecule has 2 aliphatic heterocycles. The van der Waals surface area contributed by atoms with Gasteiger partial charge in [-0.3, -0.25) is 4.90 Å². The van der Waals surface area contributed by atoms with Crippen LogP contribution in [0.4, 0.5) is 0 Å². The number of likely N-dealkylation sites (tertiary alicyclic amines) is 1. The number of rotatable bonds is 4. The van der Waals surface area contributed by atoms with Crippen molar-refractivity contribution < 1.29 is 4.74 Å². The first-order valence-corrected chi connectivity index (χ1v) is 7.55. The number of fused-ring (bicyclic) bond motifs is 1. The fourth-order valence-electron chi connectivity index (χ4n) is 3.58. The molecule has 0 radical (unpaired) electrons. The van der Waals surface area contributed by atoms with Crippen molar-refractivity contribution >= 4 is 0 Å². The van der Waals surface area contributed by atoms with Crippen LogP contribution in [-0.4, -0.2) is 30.6 Å². The molecule has 0 spiro atoms. The fourth-order valence-corrected chi connectivity index (χ4v) is 3.58. The molecule has 3 rings (SSSR count). The van der Waals surface area contributed by atoms with Crippen LogP contribution in [0, 0.1) is 0 Å². The van der Waals surface area contributed by atoms with Gasteiger partial charge < -0.3 is 10.5 Å². The van der Waals surface area contributed by atoms with Gasteiger partial charge in [0, 0.05) is 25.0 Å². The topological polar surface area (TPSA) is 38.5 Å². The van der Waals surface area contributed by atoms with Gasteiger partial charge in [0.15, 0.2) is 0 Å². The Balaban J connectivity index is 1.85. The molecule has 2 atom stereocenters. The summed E-state index contributed by atoms with van der Waals surface area (Å²) in [5, 5.41) is 0. The maximum Gasteiger partial charge on any atom is 0.122 e. The quantitative estimate of drug-likeness (QED) is 0.904. The Bertz CT molecular complexity index is 446. The molecule has 2 unspecified atom stereocenters. The van der Waals surface area contributed by atoms with E-state index in [2.05, 4.69) is 30.0 Å². The zero-order valence-corrected chi connectivity index (χ0v) is 11.8. The van der Waals surface area contributed by atoms with E-state index in [1.54, 1.807) is 0 Å². The molecule has 1 saturated heterocycles. The first-order valence-electron chi connectivity index (χ1n) is 7.55. The number of hydrogen-bond acceptors (Lipinski definition) is 3. The maximum absolute atomic E-state index is 6.07. The molecule has 0 aliphatic carbocycles. The van der Waals surface area contributed by atoms with E-state index >= 15 is 0 Å². The summed E-state index contributed by atoms with van der Waals surface area (Å²) in [5.74, 6) is 1.06. The van der Waals surface area contributed by atoms with Crippen LogP contribution in [0.3, 0.4) is 0 Å². The molecular weight excluding hydrogens is 236 g/mol.